The number of hydrogen-bond donors (Lipinski definition) is 0. The maximum atomic E-state index is 2.42. The Kier molecular flexibility index (Phi) is 6.88. The number of hydrogen-bond acceptors (Lipinski definition) is 0. The Morgan fingerprint density at radius 1 is 0.423 bits per heavy atom. The highest BCUT2D eigenvalue weighted by Crippen LogP contribution is 2.43. The fourth-order valence-electron chi connectivity index (χ4n) is 8.46. The van der Waals surface area contributed by atoms with Gasteiger partial charge in [0.25, 0.3) is 0 Å². The average molecular weight is 666 g/mol. The maximum absolute atomic E-state index is 2.42. The molecule has 1 heteroatoms. The van der Waals surface area contributed by atoms with Crippen molar-refractivity contribution in [3.05, 3.63) is 175 Å². The highest BCUT2D eigenvalue weighted by atomic mass is 15.0. The van der Waals surface area contributed by atoms with Gasteiger partial charge in [-0.2, -0.15) is 0 Å². The molecule has 248 valence electrons. The molecule has 0 radical (unpaired) electrons. The lowest BCUT2D eigenvalue weighted by atomic mass is 9.81. The molecule has 0 amide bonds. The topological polar surface area (TPSA) is 4.93 Å². The normalized spacial score (nSPS) is 12.2. The van der Waals surface area contributed by atoms with Crippen LogP contribution in [0.4, 0.5) is 0 Å². The number of fused-ring (bicyclic) bond motifs is 3. The van der Waals surface area contributed by atoms with E-state index in [0.29, 0.717) is 0 Å². The summed E-state index contributed by atoms with van der Waals surface area (Å²) in [6.45, 7) is 6.93. The molecule has 0 N–H and O–H groups in total. The first-order valence-electron chi connectivity index (χ1n) is 18.5. The lowest BCUT2D eigenvalue weighted by molar-refractivity contribution is 0.506. The minimum absolute atomic E-state index is 0.172. The molecule has 10 rings (SSSR count). The molecule has 1 nitrogen and oxygen atoms in total. The van der Waals surface area contributed by atoms with Gasteiger partial charge in [0.2, 0.25) is 0 Å². The van der Waals surface area contributed by atoms with Gasteiger partial charge in [0, 0.05) is 16.5 Å². The van der Waals surface area contributed by atoms with E-state index < -0.39 is 0 Å². The Morgan fingerprint density at radius 3 is 1.58 bits per heavy atom. The van der Waals surface area contributed by atoms with E-state index in [2.05, 4.69) is 195 Å². The van der Waals surface area contributed by atoms with E-state index in [1.165, 1.54) is 93.1 Å². The molecule has 9 aromatic carbocycles. The maximum Gasteiger partial charge on any atom is 0.0547 e. The van der Waals surface area contributed by atoms with Crippen LogP contribution in [0.3, 0.4) is 0 Å². The number of aromatic nitrogens is 1. The first-order chi connectivity index (χ1) is 25.5. The van der Waals surface area contributed by atoms with Gasteiger partial charge in [0.05, 0.1) is 11.0 Å². The lowest BCUT2D eigenvalue weighted by Gasteiger charge is -2.23. The van der Waals surface area contributed by atoms with Crippen LogP contribution in [0.15, 0.2) is 170 Å². The van der Waals surface area contributed by atoms with Gasteiger partial charge in [-0.25, -0.2) is 0 Å². The second kappa shape index (κ2) is 11.7. The summed E-state index contributed by atoms with van der Waals surface area (Å²) in [5.74, 6) is 0. The van der Waals surface area contributed by atoms with Gasteiger partial charge in [-0.3, -0.25) is 0 Å². The smallest absolute Gasteiger partial charge is 0.0547 e. The van der Waals surface area contributed by atoms with Gasteiger partial charge in [0.1, 0.15) is 0 Å². The number of nitrogens with zero attached hydrogens (tertiary/aromatic N) is 1. The molecule has 52 heavy (non-hydrogen) atoms. The van der Waals surface area contributed by atoms with Crippen LogP contribution in [0.1, 0.15) is 32.8 Å². The average Bonchev–Trinajstić information content (AvgIpc) is 3.54. The Bertz CT molecular complexity index is 2920. The van der Waals surface area contributed by atoms with Crippen molar-refractivity contribution in [3.8, 4) is 39.1 Å². The van der Waals surface area contributed by atoms with Crippen molar-refractivity contribution in [1.82, 2.24) is 4.57 Å². The van der Waals surface area contributed by atoms with Crippen molar-refractivity contribution in [2.75, 3.05) is 0 Å². The zero-order chi connectivity index (χ0) is 35.0. The predicted molar refractivity (Wildman–Crippen MR) is 224 cm³/mol. The summed E-state index contributed by atoms with van der Waals surface area (Å²) in [7, 11) is 0. The van der Waals surface area contributed by atoms with Crippen LogP contribution in [0.25, 0.3) is 93.2 Å². The standard InChI is InChI=1S/C51H39N/c1-4-51(2,3)39-23-14-34(15-24-39)41-27-18-36-21-31-46-42(28-19-37-20-30-45(41)49(36)50(37)46)35-16-25-40(26-17-35)52-47-13-9-8-12-43(47)44-29-22-38(32-48(44)52)33-10-6-5-7-11-33/h5-32H,4H2,1-3H3. The third-order valence-electron chi connectivity index (χ3n) is 11.7. The first kappa shape index (κ1) is 30.6. The Hall–Kier alpha value is -6.18. The number of benzene rings is 9. The van der Waals surface area contributed by atoms with E-state index in [4.69, 9.17) is 0 Å². The Balaban J connectivity index is 1.10. The largest absolute Gasteiger partial charge is 0.309 e. The molecule has 0 unspecified atom stereocenters. The van der Waals surface area contributed by atoms with E-state index in [1.807, 2.05) is 0 Å². The summed E-state index contributed by atoms with van der Waals surface area (Å²) in [5.41, 5.74) is 12.7. The molecule has 0 spiro atoms. The predicted octanol–water partition coefficient (Wildman–Crippen LogP) is 14.4. The monoisotopic (exact) mass is 665 g/mol. The third-order valence-corrected chi connectivity index (χ3v) is 11.7. The van der Waals surface area contributed by atoms with Gasteiger partial charge in [-0.05, 0) is 107 Å². The van der Waals surface area contributed by atoms with Crippen LogP contribution in [0, 0.1) is 0 Å². The van der Waals surface area contributed by atoms with Crippen LogP contribution < -0.4 is 0 Å². The number of para-hydroxylation sites is 1. The molecule has 0 aliphatic rings. The second-order valence-electron chi connectivity index (χ2n) is 15.0. The Morgan fingerprint density at radius 2 is 0.942 bits per heavy atom. The summed E-state index contributed by atoms with van der Waals surface area (Å²) < 4.78 is 2.42. The summed E-state index contributed by atoms with van der Waals surface area (Å²) in [4.78, 5) is 0. The van der Waals surface area contributed by atoms with Crippen LogP contribution in [0.2, 0.25) is 0 Å². The highest BCUT2D eigenvalue weighted by Gasteiger charge is 2.19. The molecule has 0 aliphatic heterocycles. The van der Waals surface area contributed by atoms with Crippen LogP contribution in [-0.4, -0.2) is 4.57 Å². The Labute approximate surface area is 304 Å². The van der Waals surface area contributed by atoms with Gasteiger partial charge < -0.3 is 4.57 Å². The molecule has 0 fully saturated rings. The summed E-state index contributed by atoms with van der Waals surface area (Å²) in [6, 6.07) is 63.2. The zero-order valence-electron chi connectivity index (χ0n) is 29.8. The second-order valence-corrected chi connectivity index (χ2v) is 15.0. The van der Waals surface area contributed by atoms with Crippen molar-refractivity contribution in [2.24, 2.45) is 0 Å². The van der Waals surface area contributed by atoms with E-state index in [9.17, 15) is 0 Å². The lowest BCUT2D eigenvalue weighted by Crippen LogP contribution is -2.14. The summed E-state index contributed by atoms with van der Waals surface area (Å²) in [6.07, 6.45) is 1.12. The molecular formula is C51H39N. The number of rotatable bonds is 6. The van der Waals surface area contributed by atoms with Crippen LogP contribution >= 0.6 is 0 Å². The molecule has 10 aromatic rings. The van der Waals surface area contributed by atoms with E-state index >= 15 is 0 Å². The molecular weight excluding hydrogens is 627 g/mol. The minimum atomic E-state index is 0.172. The minimum Gasteiger partial charge on any atom is -0.309 e. The van der Waals surface area contributed by atoms with Crippen LogP contribution in [-0.2, 0) is 5.41 Å². The molecule has 1 aromatic heterocycles. The zero-order valence-corrected chi connectivity index (χ0v) is 29.8. The van der Waals surface area contributed by atoms with Crippen molar-refractivity contribution in [1.29, 1.82) is 0 Å². The molecule has 0 atom stereocenters. The fourth-order valence-corrected chi connectivity index (χ4v) is 8.46. The van der Waals surface area contributed by atoms with E-state index in [0.717, 1.165) is 12.1 Å². The summed E-state index contributed by atoms with van der Waals surface area (Å²) >= 11 is 0. The van der Waals surface area contributed by atoms with Gasteiger partial charge >= 0.3 is 0 Å². The third kappa shape index (κ3) is 4.69. The van der Waals surface area contributed by atoms with Crippen molar-refractivity contribution < 1.29 is 0 Å². The SMILES string of the molecule is CCC(C)(C)c1ccc(-c2ccc3ccc4c(-c5ccc(-n6c7ccccc7c7ccc(-c8ccccc8)cc76)cc5)ccc5ccc2c3c54)cc1. The summed E-state index contributed by atoms with van der Waals surface area (Å²) in [5, 5.41) is 10.4. The van der Waals surface area contributed by atoms with E-state index in [1.54, 1.807) is 0 Å². The first-order valence-corrected chi connectivity index (χ1v) is 18.5. The van der Waals surface area contributed by atoms with Crippen molar-refractivity contribution in [2.45, 2.75) is 32.6 Å². The van der Waals surface area contributed by atoms with Crippen molar-refractivity contribution >= 4 is 54.1 Å². The van der Waals surface area contributed by atoms with E-state index in [-0.39, 0.29) is 5.41 Å². The molecule has 0 saturated carbocycles. The van der Waals surface area contributed by atoms with Gasteiger partial charge in [0.15, 0.2) is 0 Å². The van der Waals surface area contributed by atoms with Gasteiger partial charge in [-0.1, -0.05) is 166 Å². The molecule has 0 aliphatic carbocycles. The van der Waals surface area contributed by atoms with Crippen molar-refractivity contribution in [3.63, 3.8) is 0 Å². The quantitative estimate of drug-likeness (QED) is 0.156. The fraction of sp³-hybridized carbons (Fsp3) is 0.0980. The molecule has 0 bridgehead atoms. The van der Waals surface area contributed by atoms with Crippen LogP contribution in [0.5, 0.6) is 0 Å². The highest BCUT2D eigenvalue weighted by molar-refractivity contribution is 6.27. The molecule has 1 heterocycles. The molecule has 0 saturated heterocycles. The van der Waals surface area contributed by atoms with Gasteiger partial charge in [-0.15, -0.1) is 0 Å².